The van der Waals surface area contributed by atoms with E-state index in [1.54, 1.807) is 4.90 Å². The Kier molecular flexibility index (Phi) is 2.49. The lowest BCUT2D eigenvalue weighted by Gasteiger charge is -2.11. The molecule has 11 heavy (non-hydrogen) atoms. The van der Waals surface area contributed by atoms with E-state index >= 15 is 0 Å². The molecule has 1 rings (SSSR count). The number of rotatable bonds is 2. The summed E-state index contributed by atoms with van der Waals surface area (Å²) < 4.78 is 0. The first-order valence-electron chi connectivity index (χ1n) is 3.62. The minimum absolute atomic E-state index is 0.0338. The maximum absolute atomic E-state index is 11.0. The molecule has 0 spiro atoms. The lowest BCUT2D eigenvalue weighted by molar-refractivity contribution is -0.127. The van der Waals surface area contributed by atoms with Gasteiger partial charge < -0.3 is 4.90 Å². The van der Waals surface area contributed by atoms with Gasteiger partial charge in [0.15, 0.2) is 0 Å². The van der Waals surface area contributed by atoms with Gasteiger partial charge in [0.2, 0.25) is 11.1 Å². The number of amides is 1. The van der Waals surface area contributed by atoms with Gasteiger partial charge in [0, 0.05) is 19.5 Å². The highest BCUT2D eigenvalue weighted by Gasteiger charge is 2.32. The first kappa shape index (κ1) is 8.53. The molecule has 0 aromatic heterocycles. The van der Waals surface area contributed by atoms with Crippen LogP contribution in [0.4, 0.5) is 0 Å². The van der Waals surface area contributed by atoms with Crippen LogP contribution in [0, 0.1) is 5.92 Å². The molecule has 1 aliphatic rings. The summed E-state index contributed by atoms with van der Waals surface area (Å²) >= 11 is 5.25. The van der Waals surface area contributed by atoms with Crippen LogP contribution < -0.4 is 0 Å². The first-order chi connectivity index (χ1) is 5.15. The topological polar surface area (TPSA) is 37.4 Å². The van der Waals surface area contributed by atoms with Gasteiger partial charge in [-0.1, -0.05) is 0 Å². The summed E-state index contributed by atoms with van der Waals surface area (Å²) in [5, 5.41) is -0.394. The smallest absolute Gasteiger partial charge is 0.227 e. The molecule has 0 radical (unpaired) electrons. The summed E-state index contributed by atoms with van der Waals surface area (Å²) in [7, 11) is 0. The second-order valence-corrected chi connectivity index (χ2v) is 3.01. The number of carbonyl (C=O) groups excluding carboxylic acids is 2. The van der Waals surface area contributed by atoms with Crippen molar-refractivity contribution in [3.05, 3.63) is 0 Å². The maximum Gasteiger partial charge on any atom is 0.227 e. The fourth-order valence-corrected chi connectivity index (χ4v) is 1.38. The van der Waals surface area contributed by atoms with Crippen molar-refractivity contribution >= 4 is 22.8 Å². The summed E-state index contributed by atoms with van der Waals surface area (Å²) in [6, 6.07) is 0. The van der Waals surface area contributed by atoms with Crippen molar-refractivity contribution in [1.29, 1.82) is 0 Å². The molecule has 0 N–H and O–H groups in total. The predicted molar refractivity (Wildman–Crippen MR) is 41.2 cm³/mol. The summed E-state index contributed by atoms with van der Waals surface area (Å²) in [5.41, 5.74) is 0. The zero-order valence-corrected chi connectivity index (χ0v) is 7.10. The van der Waals surface area contributed by atoms with E-state index in [4.69, 9.17) is 11.6 Å². The summed E-state index contributed by atoms with van der Waals surface area (Å²) in [6.45, 7) is 3.05. The maximum atomic E-state index is 11.0. The number of nitrogens with zero attached hydrogens (tertiary/aromatic N) is 1. The number of carbonyl (C=O) groups is 2. The zero-order valence-electron chi connectivity index (χ0n) is 6.34. The molecule has 1 unspecified atom stereocenters. The highest BCUT2D eigenvalue weighted by atomic mass is 35.5. The van der Waals surface area contributed by atoms with Gasteiger partial charge in [-0.25, -0.2) is 0 Å². The quantitative estimate of drug-likeness (QED) is 0.577. The van der Waals surface area contributed by atoms with E-state index in [2.05, 4.69) is 0 Å². The van der Waals surface area contributed by atoms with Gasteiger partial charge in [-0.3, -0.25) is 9.59 Å². The molecule has 3 nitrogen and oxygen atoms in total. The van der Waals surface area contributed by atoms with E-state index in [0.717, 1.165) is 0 Å². The summed E-state index contributed by atoms with van der Waals surface area (Å²) in [5.74, 6) is -0.240. The Morgan fingerprint density at radius 3 is 2.73 bits per heavy atom. The monoisotopic (exact) mass is 175 g/mol. The van der Waals surface area contributed by atoms with E-state index in [1.807, 2.05) is 6.92 Å². The van der Waals surface area contributed by atoms with Crippen molar-refractivity contribution in [2.24, 2.45) is 5.92 Å². The minimum Gasteiger partial charge on any atom is -0.342 e. The molecule has 1 saturated heterocycles. The Morgan fingerprint density at radius 1 is 1.82 bits per heavy atom. The molecular formula is C7H10ClNO2. The van der Waals surface area contributed by atoms with Crippen LogP contribution in [-0.2, 0) is 9.59 Å². The lowest BCUT2D eigenvalue weighted by atomic mass is 10.1. The molecular weight excluding hydrogens is 166 g/mol. The number of hydrogen-bond acceptors (Lipinski definition) is 2. The van der Waals surface area contributed by atoms with Crippen molar-refractivity contribution in [2.75, 3.05) is 13.1 Å². The van der Waals surface area contributed by atoms with Crippen molar-refractivity contribution in [3.8, 4) is 0 Å². The first-order valence-corrected chi connectivity index (χ1v) is 4.00. The van der Waals surface area contributed by atoms with Crippen molar-refractivity contribution < 1.29 is 9.59 Å². The summed E-state index contributed by atoms with van der Waals surface area (Å²) in [6.07, 6.45) is 0.288. The Bertz CT molecular complexity index is 193. The minimum atomic E-state index is -0.394. The Balaban J connectivity index is 2.56. The fraction of sp³-hybridized carbons (Fsp3) is 0.714. The molecule has 0 aliphatic carbocycles. The van der Waals surface area contributed by atoms with Gasteiger partial charge in [-0.2, -0.15) is 0 Å². The van der Waals surface area contributed by atoms with Gasteiger partial charge in [0.05, 0.1) is 5.92 Å². The van der Waals surface area contributed by atoms with E-state index in [-0.39, 0.29) is 18.2 Å². The molecule has 1 fully saturated rings. The molecule has 1 heterocycles. The zero-order chi connectivity index (χ0) is 8.43. The number of hydrogen-bond donors (Lipinski definition) is 0. The van der Waals surface area contributed by atoms with Gasteiger partial charge in [0.1, 0.15) is 0 Å². The van der Waals surface area contributed by atoms with Crippen LogP contribution >= 0.6 is 11.6 Å². The second kappa shape index (κ2) is 3.22. The van der Waals surface area contributed by atoms with Crippen molar-refractivity contribution in [1.82, 2.24) is 4.90 Å². The second-order valence-electron chi connectivity index (χ2n) is 2.64. The van der Waals surface area contributed by atoms with Gasteiger partial charge in [-0.05, 0) is 18.5 Å². The molecule has 1 atom stereocenters. The normalized spacial score (nSPS) is 24.4. The highest BCUT2D eigenvalue weighted by molar-refractivity contribution is 6.64. The Hall–Kier alpha value is -0.570. The average molecular weight is 176 g/mol. The van der Waals surface area contributed by atoms with Crippen LogP contribution in [0.3, 0.4) is 0 Å². The van der Waals surface area contributed by atoms with Crippen molar-refractivity contribution in [2.45, 2.75) is 13.3 Å². The molecule has 0 aromatic carbocycles. The van der Waals surface area contributed by atoms with E-state index in [9.17, 15) is 9.59 Å². The average Bonchev–Trinajstić information content (AvgIpc) is 2.31. The van der Waals surface area contributed by atoms with Crippen LogP contribution in [0.25, 0.3) is 0 Å². The SMILES string of the molecule is CCN1CC(C(=O)Cl)CC1=O. The molecule has 1 aliphatic heterocycles. The highest BCUT2D eigenvalue weighted by Crippen LogP contribution is 2.19. The van der Waals surface area contributed by atoms with Crippen LogP contribution in [0.15, 0.2) is 0 Å². The Labute approximate surface area is 70.3 Å². The third-order valence-corrected chi connectivity index (χ3v) is 2.23. The fourth-order valence-electron chi connectivity index (χ4n) is 1.23. The molecule has 0 saturated carbocycles. The lowest BCUT2D eigenvalue weighted by Crippen LogP contribution is -2.25. The molecule has 62 valence electrons. The van der Waals surface area contributed by atoms with Gasteiger partial charge in [-0.15, -0.1) is 0 Å². The predicted octanol–water partition coefficient (Wildman–Crippen LogP) is 0.620. The van der Waals surface area contributed by atoms with Crippen LogP contribution in [0.5, 0.6) is 0 Å². The largest absolute Gasteiger partial charge is 0.342 e. The van der Waals surface area contributed by atoms with Gasteiger partial charge in [0.25, 0.3) is 0 Å². The van der Waals surface area contributed by atoms with E-state index in [0.29, 0.717) is 13.1 Å². The van der Waals surface area contributed by atoms with Crippen LogP contribution in [0.2, 0.25) is 0 Å². The van der Waals surface area contributed by atoms with E-state index < -0.39 is 5.24 Å². The molecule has 1 amide bonds. The van der Waals surface area contributed by atoms with E-state index in [1.165, 1.54) is 0 Å². The molecule has 0 aromatic rings. The van der Waals surface area contributed by atoms with Crippen LogP contribution in [0.1, 0.15) is 13.3 Å². The number of halogens is 1. The molecule has 0 bridgehead atoms. The van der Waals surface area contributed by atoms with Crippen molar-refractivity contribution in [3.63, 3.8) is 0 Å². The third kappa shape index (κ3) is 1.71. The standard InChI is InChI=1S/C7H10ClNO2/c1-2-9-4-5(7(8)11)3-6(9)10/h5H,2-4H2,1H3. The van der Waals surface area contributed by atoms with Gasteiger partial charge >= 0.3 is 0 Å². The Morgan fingerprint density at radius 2 is 2.45 bits per heavy atom. The summed E-state index contributed by atoms with van der Waals surface area (Å²) in [4.78, 5) is 23.3. The number of likely N-dealkylation sites (tertiary alicyclic amines) is 1. The molecule has 4 heteroatoms. The third-order valence-electron chi connectivity index (χ3n) is 1.92. The van der Waals surface area contributed by atoms with Crippen LogP contribution in [-0.4, -0.2) is 29.1 Å².